The first kappa shape index (κ1) is 20.3. The minimum absolute atomic E-state index is 0.00504. The zero-order valence-corrected chi connectivity index (χ0v) is 17.6. The molecule has 0 saturated carbocycles. The summed E-state index contributed by atoms with van der Waals surface area (Å²) in [7, 11) is 0. The molecule has 1 amide bonds. The number of hydrogen-bond acceptors (Lipinski definition) is 5. The molecule has 1 N–H and O–H groups in total. The molecule has 0 spiro atoms. The summed E-state index contributed by atoms with van der Waals surface area (Å²) in [6, 6.07) is 11.6. The Morgan fingerprint density at radius 2 is 2.00 bits per heavy atom. The van der Waals surface area contributed by atoms with Crippen LogP contribution in [0.5, 0.6) is 0 Å². The Hall–Kier alpha value is -3.65. The highest BCUT2D eigenvalue weighted by Crippen LogP contribution is 2.23. The smallest absolute Gasteiger partial charge is 0.272 e. The van der Waals surface area contributed by atoms with Crippen molar-refractivity contribution in [2.75, 3.05) is 6.54 Å². The van der Waals surface area contributed by atoms with Gasteiger partial charge in [-0.05, 0) is 35.4 Å². The molecule has 2 aromatic heterocycles. The summed E-state index contributed by atoms with van der Waals surface area (Å²) in [4.78, 5) is 34.9. The molecule has 1 aliphatic rings. The van der Waals surface area contributed by atoms with Crippen molar-refractivity contribution in [1.29, 1.82) is 0 Å². The number of amides is 1. The number of carbonyl (C=O) groups excluding carboxylic acids is 1. The van der Waals surface area contributed by atoms with Crippen LogP contribution in [0.1, 0.15) is 32.9 Å². The zero-order chi connectivity index (χ0) is 22.2. The van der Waals surface area contributed by atoms with Crippen LogP contribution in [0.4, 0.5) is 4.39 Å². The highest BCUT2D eigenvalue weighted by atomic mass is 35.5. The quantitative estimate of drug-likeness (QED) is 0.484. The molecular formula is C23H17ClFN5O2. The van der Waals surface area contributed by atoms with Gasteiger partial charge in [0.2, 0.25) is 5.28 Å². The van der Waals surface area contributed by atoms with Crippen LogP contribution in [-0.4, -0.2) is 37.5 Å². The number of rotatable bonds is 3. The standard InChI is InChI=1S/C23H17ClFN5O2/c24-23-26-11-14-12-30(8-7-19(14)27-23)22(32)17-9-13(5-6-18(17)25)10-20-15-3-1-2-4-16(15)21(31)29-28-20/h1-6,9,11H,7-8,10,12H2,(H,29,31). The van der Waals surface area contributed by atoms with Crippen LogP contribution in [0, 0.1) is 5.82 Å². The molecule has 0 radical (unpaired) electrons. The molecule has 3 heterocycles. The molecule has 1 aliphatic heterocycles. The van der Waals surface area contributed by atoms with Gasteiger partial charge in [0.05, 0.1) is 22.3 Å². The fraction of sp³-hybridized carbons (Fsp3) is 0.174. The number of nitrogens with one attached hydrogen (secondary N) is 1. The number of fused-ring (bicyclic) bond motifs is 2. The van der Waals surface area contributed by atoms with Crippen molar-refractivity contribution in [3.05, 3.63) is 98.2 Å². The van der Waals surface area contributed by atoms with Crippen LogP contribution in [-0.2, 0) is 19.4 Å². The van der Waals surface area contributed by atoms with Crippen LogP contribution in [0.15, 0.2) is 53.5 Å². The molecule has 0 saturated heterocycles. The average Bonchev–Trinajstić information content (AvgIpc) is 2.81. The van der Waals surface area contributed by atoms with E-state index in [1.807, 2.05) is 12.1 Å². The summed E-state index contributed by atoms with van der Waals surface area (Å²) in [5.41, 5.74) is 2.69. The Balaban J connectivity index is 1.44. The van der Waals surface area contributed by atoms with Crippen molar-refractivity contribution in [2.24, 2.45) is 0 Å². The van der Waals surface area contributed by atoms with Gasteiger partial charge < -0.3 is 4.90 Å². The third kappa shape index (κ3) is 3.73. The normalized spacial score (nSPS) is 13.2. The fourth-order valence-electron chi connectivity index (χ4n) is 3.98. The van der Waals surface area contributed by atoms with Gasteiger partial charge in [-0.1, -0.05) is 24.3 Å². The van der Waals surface area contributed by atoms with Gasteiger partial charge in [0, 0.05) is 43.1 Å². The third-order valence-electron chi connectivity index (χ3n) is 5.60. The molecule has 0 bridgehead atoms. The van der Waals surface area contributed by atoms with Gasteiger partial charge in [-0.15, -0.1) is 0 Å². The summed E-state index contributed by atoms with van der Waals surface area (Å²) in [5.74, 6) is -0.986. The van der Waals surface area contributed by atoms with E-state index < -0.39 is 11.7 Å². The number of benzene rings is 2. The molecule has 0 fully saturated rings. The van der Waals surface area contributed by atoms with Gasteiger partial charge >= 0.3 is 0 Å². The van der Waals surface area contributed by atoms with Crippen LogP contribution in [0.25, 0.3) is 10.8 Å². The Morgan fingerprint density at radius 1 is 1.19 bits per heavy atom. The molecule has 4 aromatic rings. The second kappa shape index (κ2) is 8.12. The zero-order valence-electron chi connectivity index (χ0n) is 16.8. The van der Waals surface area contributed by atoms with Crippen LogP contribution < -0.4 is 5.56 Å². The minimum atomic E-state index is -0.587. The molecule has 5 rings (SSSR count). The lowest BCUT2D eigenvalue weighted by Gasteiger charge is -2.28. The highest BCUT2D eigenvalue weighted by Gasteiger charge is 2.25. The van der Waals surface area contributed by atoms with E-state index in [9.17, 15) is 14.0 Å². The molecule has 7 nitrogen and oxygen atoms in total. The highest BCUT2D eigenvalue weighted by molar-refractivity contribution is 6.28. The number of H-pyrrole nitrogens is 1. The summed E-state index contributed by atoms with van der Waals surface area (Å²) < 4.78 is 14.6. The monoisotopic (exact) mass is 449 g/mol. The maximum atomic E-state index is 14.6. The van der Waals surface area contributed by atoms with E-state index in [0.717, 1.165) is 16.6 Å². The minimum Gasteiger partial charge on any atom is -0.334 e. The summed E-state index contributed by atoms with van der Waals surface area (Å²) in [6.45, 7) is 0.704. The predicted octanol–water partition coefficient (Wildman–Crippen LogP) is 3.29. The number of nitrogens with zero attached hydrogens (tertiary/aromatic N) is 4. The molecule has 0 atom stereocenters. The predicted molar refractivity (Wildman–Crippen MR) is 117 cm³/mol. The average molecular weight is 450 g/mol. The summed E-state index contributed by atoms with van der Waals surface area (Å²) >= 11 is 5.84. The van der Waals surface area contributed by atoms with Crippen molar-refractivity contribution in [3.8, 4) is 0 Å². The Bertz CT molecular complexity index is 1420. The van der Waals surface area contributed by atoms with Crippen molar-refractivity contribution in [3.63, 3.8) is 0 Å². The lowest BCUT2D eigenvalue weighted by Crippen LogP contribution is -2.37. The summed E-state index contributed by atoms with van der Waals surface area (Å²) in [6.07, 6.45) is 2.47. The van der Waals surface area contributed by atoms with E-state index in [0.29, 0.717) is 42.6 Å². The van der Waals surface area contributed by atoms with Gasteiger partial charge in [0.15, 0.2) is 0 Å². The van der Waals surface area contributed by atoms with E-state index in [1.54, 1.807) is 35.4 Å². The van der Waals surface area contributed by atoms with Crippen LogP contribution in [0.3, 0.4) is 0 Å². The largest absolute Gasteiger partial charge is 0.334 e. The molecule has 2 aromatic carbocycles. The van der Waals surface area contributed by atoms with Crippen molar-refractivity contribution in [2.45, 2.75) is 19.4 Å². The van der Waals surface area contributed by atoms with E-state index in [4.69, 9.17) is 11.6 Å². The van der Waals surface area contributed by atoms with Gasteiger partial charge in [0.25, 0.3) is 11.5 Å². The van der Waals surface area contributed by atoms with Crippen molar-refractivity contribution >= 4 is 28.3 Å². The summed E-state index contributed by atoms with van der Waals surface area (Å²) in [5, 5.41) is 8.10. The second-order valence-electron chi connectivity index (χ2n) is 7.62. The first-order chi connectivity index (χ1) is 15.5. The molecule has 32 heavy (non-hydrogen) atoms. The van der Waals surface area contributed by atoms with Gasteiger partial charge in [-0.25, -0.2) is 19.5 Å². The van der Waals surface area contributed by atoms with Crippen LogP contribution >= 0.6 is 11.6 Å². The van der Waals surface area contributed by atoms with E-state index >= 15 is 0 Å². The second-order valence-corrected chi connectivity index (χ2v) is 7.96. The lowest BCUT2D eigenvalue weighted by molar-refractivity contribution is 0.0728. The number of halogens is 2. The van der Waals surface area contributed by atoms with E-state index in [1.165, 1.54) is 6.07 Å². The number of aromatic nitrogens is 4. The topological polar surface area (TPSA) is 91.8 Å². The molecule has 0 unspecified atom stereocenters. The maximum Gasteiger partial charge on any atom is 0.272 e. The van der Waals surface area contributed by atoms with Crippen LogP contribution in [0.2, 0.25) is 5.28 Å². The maximum absolute atomic E-state index is 14.6. The first-order valence-corrected chi connectivity index (χ1v) is 10.4. The van der Waals surface area contributed by atoms with Gasteiger partial charge in [-0.2, -0.15) is 5.10 Å². The fourth-order valence-corrected chi connectivity index (χ4v) is 4.13. The molecular weight excluding hydrogens is 433 g/mol. The Labute approximate surface area is 186 Å². The number of carbonyl (C=O) groups is 1. The van der Waals surface area contributed by atoms with Gasteiger partial charge in [-0.3, -0.25) is 9.59 Å². The van der Waals surface area contributed by atoms with E-state index in [-0.39, 0.29) is 16.4 Å². The SMILES string of the molecule is O=C(c1cc(Cc2n[nH]c(=O)c3ccccc23)ccc1F)N1CCc2nc(Cl)ncc2C1. The third-order valence-corrected chi connectivity index (χ3v) is 5.78. The lowest BCUT2D eigenvalue weighted by atomic mass is 10.0. The Morgan fingerprint density at radius 3 is 2.84 bits per heavy atom. The van der Waals surface area contributed by atoms with Crippen molar-refractivity contribution in [1.82, 2.24) is 25.1 Å². The number of aromatic amines is 1. The molecule has 9 heteroatoms. The number of hydrogen-bond donors (Lipinski definition) is 1. The van der Waals surface area contributed by atoms with Crippen molar-refractivity contribution < 1.29 is 9.18 Å². The molecule has 160 valence electrons. The Kier molecular flexibility index (Phi) is 5.14. The van der Waals surface area contributed by atoms with Gasteiger partial charge in [0.1, 0.15) is 5.82 Å². The first-order valence-electron chi connectivity index (χ1n) is 10.0. The molecule has 0 aliphatic carbocycles. The van der Waals surface area contributed by atoms with E-state index in [2.05, 4.69) is 20.2 Å².